The Morgan fingerprint density at radius 3 is 2.52 bits per heavy atom. The van der Waals surface area contributed by atoms with Gasteiger partial charge in [-0.3, -0.25) is 0 Å². The molecule has 0 atom stereocenters. The van der Waals surface area contributed by atoms with E-state index in [1.54, 1.807) is 6.07 Å². The highest BCUT2D eigenvalue weighted by Gasteiger charge is 2.27. The number of nitrogens with one attached hydrogen (secondary N) is 1. The molecule has 1 aromatic rings. The molecule has 1 aliphatic carbocycles. The molecule has 1 aromatic carbocycles. The van der Waals surface area contributed by atoms with Gasteiger partial charge in [-0.15, -0.1) is 0 Å². The van der Waals surface area contributed by atoms with Crippen molar-refractivity contribution in [1.82, 2.24) is 5.32 Å². The summed E-state index contributed by atoms with van der Waals surface area (Å²) >= 11 is 0. The summed E-state index contributed by atoms with van der Waals surface area (Å²) in [5.41, 5.74) is 1.88. The van der Waals surface area contributed by atoms with E-state index < -0.39 is 0 Å². The fourth-order valence-corrected chi connectivity index (χ4v) is 2.64. The summed E-state index contributed by atoms with van der Waals surface area (Å²) in [5.74, 6) is 1.28. The number of rotatable bonds is 8. The van der Waals surface area contributed by atoms with Gasteiger partial charge in [-0.05, 0) is 57.2 Å². The Labute approximate surface area is 128 Å². The molecule has 0 bridgehead atoms. The Morgan fingerprint density at radius 2 is 1.95 bits per heavy atom. The standard InChI is InChI=1S/C18H29FN2/c1-13(2)10-20-11-16-17(19)6-5-7-18(16)21(14(3)4)12-15-8-9-15/h5-7,13-15,20H,8-12H2,1-4H3. The zero-order valence-corrected chi connectivity index (χ0v) is 13.8. The van der Waals surface area contributed by atoms with Crippen LogP contribution in [0, 0.1) is 17.7 Å². The van der Waals surface area contributed by atoms with Crippen LogP contribution >= 0.6 is 0 Å². The van der Waals surface area contributed by atoms with Crippen molar-refractivity contribution in [3.05, 3.63) is 29.6 Å². The average Bonchev–Trinajstić information content (AvgIpc) is 3.21. The molecular weight excluding hydrogens is 263 g/mol. The van der Waals surface area contributed by atoms with Crippen molar-refractivity contribution >= 4 is 5.69 Å². The van der Waals surface area contributed by atoms with Crippen molar-refractivity contribution in [2.75, 3.05) is 18.0 Å². The summed E-state index contributed by atoms with van der Waals surface area (Å²) in [7, 11) is 0. The smallest absolute Gasteiger partial charge is 0.129 e. The van der Waals surface area contributed by atoms with Crippen LogP contribution in [0.5, 0.6) is 0 Å². The zero-order valence-electron chi connectivity index (χ0n) is 13.8. The predicted octanol–water partition coefficient (Wildman–Crippen LogP) is 4.20. The first kappa shape index (κ1) is 16.3. The van der Waals surface area contributed by atoms with Gasteiger partial charge >= 0.3 is 0 Å². The second-order valence-corrected chi connectivity index (χ2v) is 6.95. The number of anilines is 1. The summed E-state index contributed by atoms with van der Waals surface area (Å²) in [6.07, 6.45) is 2.64. The number of benzene rings is 1. The topological polar surface area (TPSA) is 15.3 Å². The van der Waals surface area contributed by atoms with E-state index in [0.29, 0.717) is 18.5 Å². The lowest BCUT2D eigenvalue weighted by Crippen LogP contribution is -2.34. The quantitative estimate of drug-likeness (QED) is 0.772. The highest BCUT2D eigenvalue weighted by Crippen LogP contribution is 2.34. The Hall–Kier alpha value is -1.09. The molecule has 0 aromatic heterocycles. The van der Waals surface area contributed by atoms with E-state index in [-0.39, 0.29) is 5.82 Å². The molecule has 1 fully saturated rings. The summed E-state index contributed by atoms with van der Waals surface area (Å²) in [4.78, 5) is 2.37. The summed E-state index contributed by atoms with van der Waals surface area (Å²) in [6.45, 7) is 11.3. The van der Waals surface area contributed by atoms with Crippen LogP contribution in [0.2, 0.25) is 0 Å². The Balaban J connectivity index is 2.17. The van der Waals surface area contributed by atoms with E-state index in [9.17, 15) is 4.39 Å². The minimum atomic E-state index is -0.0924. The van der Waals surface area contributed by atoms with E-state index in [2.05, 4.69) is 44.0 Å². The van der Waals surface area contributed by atoms with Crippen molar-refractivity contribution in [1.29, 1.82) is 0 Å². The lowest BCUT2D eigenvalue weighted by molar-refractivity contribution is 0.532. The van der Waals surface area contributed by atoms with E-state index in [0.717, 1.165) is 30.3 Å². The second-order valence-electron chi connectivity index (χ2n) is 6.95. The molecule has 0 aliphatic heterocycles. The highest BCUT2D eigenvalue weighted by molar-refractivity contribution is 5.55. The third-order valence-electron chi connectivity index (χ3n) is 4.03. The van der Waals surface area contributed by atoms with E-state index in [4.69, 9.17) is 0 Å². The number of nitrogens with zero attached hydrogens (tertiary/aromatic N) is 1. The summed E-state index contributed by atoms with van der Waals surface area (Å²) in [6, 6.07) is 5.87. The molecule has 0 spiro atoms. The molecule has 118 valence electrons. The van der Waals surface area contributed by atoms with Gasteiger partial charge in [0, 0.05) is 30.4 Å². The van der Waals surface area contributed by atoms with Gasteiger partial charge in [-0.2, -0.15) is 0 Å². The maximum absolute atomic E-state index is 14.3. The minimum Gasteiger partial charge on any atom is -0.368 e. The van der Waals surface area contributed by atoms with Crippen LogP contribution in [0.3, 0.4) is 0 Å². The number of hydrogen-bond acceptors (Lipinski definition) is 2. The molecule has 1 aliphatic rings. The minimum absolute atomic E-state index is 0.0924. The molecule has 3 heteroatoms. The van der Waals surface area contributed by atoms with Gasteiger partial charge in [-0.1, -0.05) is 19.9 Å². The van der Waals surface area contributed by atoms with Crippen molar-refractivity contribution in [2.24, 2.45) is 11.8 Å². The van der Waals surface area contributed by atoms with Gasteiger partial charge in [0.05, 0.1) is 0 Å². The maximum atomic E-state index is 14.3. The van der Waals surface area contributed by atoms with Crippen LogP contribution in [0.1, 0.15) is 46.1 Å². The Bertz CT molecular complexity index is 453. The summed E-state index contributed by atoms with van der Waals surface area (Å²) in [5, 5.41) is 3.38. The molecule has 0 heterocycles. The fraction of sp³-hybridized carbons (Fsp3) is 0.667. The third kappa shape index (κ3) is 4.70. The van der Waals surface area contributed by atoms with Gasteiger partial charge in [0.15, 0.2) is 0 Å². The molecule has 0 unspecified atom stereocenters. The Kier molecular flexibility index (Phi) is 5.63. The third-order valence-corrected chi connectivity index (χ3v) is 4.03. The average molecular weight is 292 g/mol. The lowest BCUT2D eigenvalue weighted by atomic mass is 10.1. The molecule has 1 saturated carbocycles. The fourth-order valence-electron chi connectivity index (χ4n) is 2.64. The normalized spacial score (nSPS) is 15.0. The van der Waals surface area contributed by atoms with Crippen LogP contribution in [-0.4, -0.2) is 19.1 Å². The van der Waals surface area contributed by atoms with Crippen molar-refractivity contribution in [3.8, 4) is 0 Å². The monoisotopic (exact) mass is 292 g/mol. The molecule has 0 amide bonds. The van der Waals surface area contributed by atoms with Gasteiger partial charge in [0.1, 0.15) is 5.82 Å². The molecule has 0 radical (unpaired) electrons. The SMILES string of the molecule is CC(C)CNCc1c(F)cccc1N(CC1CC1)C(C)C. The van der Waals surface area contributed by atoms with Gasteiger partial charge in [-0.25, -0.2) is 4.39 Å². The van der Waals surface area contributed by atoms with Gasteiger partial charge in [0.2, 0.25) is 0 Å². The van der Waals surface area contributed by atoms with Gasteiger partial charge < -0.3 is 10.2 Å². The molecule has 0 saturated heterocycles. The molecule has 21 heavy (non-hydrogen) atoms. The molecule has 1 N–H and O–H groups in total. The highest BCUT2D eigenvalue weighted by atomic mass is 19.1. The van der Waals surface area contributed by atoms with Crippen LogP contribution in [-0.2, 0) is 6.54 Å². The number of halogens is 1. The van der Waals surface area contributed by atoms with Crippen LogP contribution in [0.25, 0.3) is 0 Å². The van der Waals surface area contributed by atoms with Crippen molar-refractivity contribution in [3.63, 3.8) is 0 Å². The molecular formula is C18H29FN2. The largest absolute Gasteiger partial charge is 0.368 e. The zero-order chi connectivity index (χ0) is 15.4. The van der Waals surface area contributed by atoms with Crippen LogP contribution in [0.15, 0.2) is 18.2 Å². The lowest BCUT2D eigenvalue weighted by Gasteiger charge is -2.31. The molecule has 2 nitrogen and oxygen atoms in total. The van der Waals surface area contributed by atoms with E-state index in [1.807, 2.05) is 6.07 Å². The first-order valence-corrected chi connectivity index (χ1v) is 8.23. The van der Waals surface area contributed by atoms with E-state index >= 15 is 0 Å². The number of hydrogen-bond donors (Lipinski definition) is 1. The van der Waals surface area contributed by atoms with Crippen LogP contribution in [0.4, 0.5) is 10.1 Å². The van der Waals surface area contributed by atoms with Crippen molar-refractivity contribution < 1.29 is 4.39 Å². The second kappa shape index (κ2) is 7.26. The predicted molar refractivity (Wildman–Crippen MR) is 88.2 cm³/mol. The molecule has 2 rings (SSSR count). The first-order valence-electron chi connectivity index (χ1n) is 8.23. The maximum Gasteiger partial charge on any atom is 0.129 e. The van der Waals surface area contributed by atoms with Gasteiger partial charge in [0.25, 0.3) is 0 Å². The van der Waals surface area contributed by atoms with Crippen molar-refractivity contribution in [2.45, 2.75) is 53.1 Å². The Morgan fingerprint density at radius 1 is 1.24 bits per heavy atom. The first-order chi connectivity index (χ1) is 9.99. The van der Waals surface area contributed by atoms with Crippen LogP contribution < -0.4 is 10.2 Å². The summed E-state index contributed by atoms with van der Waals surface area (Å²) < 4.78 is 14.3. The van der Waals surface area contributed by atoms with E-state index in [1.165, 1.54) is 12.8 Å².